The van der Waals surface area contributed by atoms with E-state index in [9.17, 15) is 4.79 Å². The minimum atomic E-state index is -0.158. The predicted molar refractivity (Wildman–Crippen MR) is 124 cm³/mol. The van der Waals surface area contributed by atoms with Crippen molar-refractivity contribution < 1.29 is 14.3 Å². The molecule has 0 saturated carbocycles. The van der Waals surface area contributed by atoms with Crippen molar-refractivity contribution in [3.63, 3.8) is 0 Å². The number of methoxy groups -OCH3 is 1. The lowest BCUT2D eigenvalue weighted by Gasteiger charge is -2.14. The number of halogens is 2. The second kappa shape index (κ2) is 9.67. The highest BCUT2D eigenvalue weighted by Gasteiger charge is 2.31. The average Bonchev–Trinajstić information content (AvgIpc) is 2.95. The van der Waals surface area contributed by atoms with Crippen LogP contribution in [0.25, 0.3) is 6.08 Å². The minimum Gasteiger partial charge on any atom is -0.493 e. The normalized spacial score (nSPS) is 15.1. The summed E-state index contributed by atoms with van der Waals surface area (Å²) in [5.41, 5.74) is 1.48. The van der Waals surface area contributed by atoms with Crippen LogP contribution in [0.2, 0.25) is 10.0 Å². The van der Waals surface area contributed by atoms with Crippen LogP contribution >= 0.6 is 47.2 Å². The van der Waals surface area contributed by atoms with Crippen LogP contribution in [0.4, 0.5) is 0 Å². The molecule has 29 heavy (non-hydrogen) atoms. The van der Waals surface area contributed by atoms with Gasteiger partial charge in [-0.25, -0.2) is 0 Å². The molecule has 1 heterocycles. The number of para-hydroxylation sites is 1. The molecule has 150 valence electrons. The smallest absolute Gasteiger partial charge is 0.266 e. The lowest BCUT2D eigenvalue weighted by Crippen LogP contribution is -2.27. The highest BCUT2D eigenvalue weighted by atomic mass is 35.5. The number of carbonyl (C=O) groups is 1. The molecule has 0 N–H and O–H groups in total. The lowest BCUT2D eigenvalue weighted by molar-refractivity contribution is -0.121. The SMILES string of the molecule is C=CCN1C(=O)/C(=C/c2cccc(OC)c2OCc2ccc(Cl)cc2Cl)SC1=S. The summed E-state index contributed by atoms with van der Waals surface area (Å²) in [5, 5.41) is 1.07. The van der Waals surface area contributed by atoms with E-state index in [2.05, 4.69) is 6.58 Å². The van der Waals surface area contributed by atoms with Gasteiger partial charge in [0.1, 0.15) is 10.9 Å². The highest BCUT2D eigenvalue weighted by molar-refractivity contribution is 8.26. The summed E-state index contributed by atoms with van der Waals surface area (Å²) >= 11 is 18.7. The van der Waals surface area contributed by atoms with E-state index in [1.807, 2.05) is 12.1 Å². The molecule has 4 nitrogen and oxygen atoms in total. The van der Waals surface area contributed by atoms with Crippen LogP contribution in [-0.2, 0) is 11.4 Å². The van der Waals surface area contributed by atoms with E-state index in [-0.39, 0.29) is 12.5 Å². The van der Waals surface area contributed by atoms with E-state index in [0.717, 1.165) is 5.56 Å². The Bertz CT molecular complexity index is 1010. The molecule has 2 aromatic carbocycles. The van der Waals surface area contributed by atoms with E-state index in [4.69, 9.17) is 44.9 Å². The molecule has 1 aliphatic rings. The average molecular weight is 466 g/mol. The fraction of sp³-hybridized carbons (Fsp3) is 0.143. The summed E-state index contributed by atoms with van der Waals surface area (Å²) in [5.74, 6) is 0.898. The van der Waals surface area contributed by atoms with E-state index in [0.29, 0.717) is 42.9 Å². The van der Waals surface area contributed by atoms with Gasteiger partial charge in [0.25, 0.3) is 5.91 Å². The van der Waals surface area contributed by atoms with Gasteiger partial charge in [-0.1, -0.05) is 71.5 Å². The Hall–Kier alpha value is -1.99. The van der Waals surface area contributed by atoms with Crippen LogP contribution < -0.4 is 9.47 Å². The van der Waals surface area contributed by atoms with Crippen LogP contribution in [-0.4, -0.2) is 28.8 Å². The number of benzene rings is 2. The summed E-state index contributed by atoms with van der Waals surface area (Å²) in [6, 6.07) is 10.7. The topological polar surface area (TPSA) is 38.8 Å². The van der Waals surface area contributed by atoms with Gasteiger partial charge in [-0.05, 0) is 24.3 Å². The van der Waals surface area contributed by atoms with Crippen molar-refractivity contribution in [2.45, 2.75) is 6.61 Å². The Balaban J connectivity index is 1.91. The summed E-state index contributed by atoms with van der Waals surface area (Å²) < 4.78 is 12.0. The van der Waals surface area contributed by atoms with Crippen molar-refractivity contribution in [1.82, 2.24) is 4.90 Å². The molecule has 2 aromatic rings. The number of thioether (sulfide) groups is 1. The van der Waals surface area contributed by atoms with E-state index in [1.165, 1.54) is 16.7 Å². The zero-order chi connectivity index (χ0) is 21.0. The number of carbonyl (C=O) groups excluding carboxylic acids is 1. The molecule has 8 heteroatoms. The standard InChI is InChI=1S/C21H17Cl2NO3S2/c1-3-9-24-20(25)18(29-21(24)28)10-13-5-4-6-17(26-2)19(13)27-12-14-7-8-15(22)11-16(14)23/h3-8,10-11H,1,9,12H2,2H3/b18-10-. The number of thiocarbonyl (C=S) groups is 1. The number of rotatable bonds is 7. The molecule has 0 spiro atoms. The Morgan fingerprint density at radius 2 is 2.07 bits per heavy atom. The maximum absolute atomic E-state index is 12.6. The number of hydrogen-bond donors (Lipinski definition) is 0. The summed E-state index contributed by atoms with van der Waals surface area (Å²) in [4.78, 5) is 14.7. The Labute approximate surface area is 189 Å². The van der Waals surface area contributed by atoms with Gasteiger partial charge in [0.15, 0.2) is 11.5 Å². The lowest BCUT2D eigenvalue weighted by atomic mass is 10.1. The van der Waals surface area contributed by atoms with Gasteiger partial charge in [0.05, 0.1) is 12.0 Å². The van der Waals surface area contributed by atoms with E-state index >= 15 is 0 Å². The molecule has 1 saturated heterocycles. The second-order valence-corrected chi connectivity index (χ2v) is 8.50. The van der Waals surface area contributed by atoms with E-state index in [1.54, 1.807) is 43.5 Å². The van der Waals surface area contributed by atoms with Crippen LogP contribution in [0.15, 0.2) is 54.0 Å². The van der Waals surface area contributed by atoms with Crippen LogP contribution in [0.3, 0.4) is 0 Å². The van der Waals surface area contributed by atoms with Crippen molar-refractivity contribution in [3.05, 3.63) is 75.1 Å². The first kappa shape index (κ1) is 21.7. The Kier molecular flexibility index (Phi) is 7.24. The van der Waals surface area contributed by atoms with Gasteiger partial charge in [-0.15, -0.1) is 6.58 Å². The van der Waals surface area contributed by atoms with Crippen LogP contribution in [0.1, 0.15) is 11.1 Å². The third-order valence-electron chi connectivity index (χ3n) is 4.09. The number of ether oxygens (including phenoxy) is 2. The molecule has 0 aliphatic carbocycles. The molecule has 1 aliphatic heterocycles. The molecule has 1 amide bonds. The van der Waals surface area contributed by atoms with Crippen molar-refractivity contribution in [2.75, 3.05) is 13.7 Å². The summed E-state index contributed by atoms with van der Waals surface area (Å²) in [6.07, 6.45) is 3.40. The van der Waals surface area contributed by atoms with Gasteiger partial charge in [-0.2, -0.15) is 0 Å². The number of hydrogen-bond acceptors (Lipinski definition) is 5. The molecule has 3 rings (SSSR count). The van der Waals surface area contributed by atoms with Gasteiger partial charge in [0.2, 0.25) is 0 Å². The third kappa shape index (κ3) is 4.95. The maximum Gasteiger partial charge on any atom is 0.266 e. The maximum atomic E-state index is 12.6. The van der Waals surface area contributed by atoms with Crippen LogP contribution in [0, 0.1) is 0 Å². The summed E-state index contributed by atoms with van der Waals surface area (Å²) in [7, 11) is 1.56. The van der Waals surface area contributed by atoms with Crippen molar-refractivity contribution in [2.24, 2.45) is 0 Å². The number of amides is 1. The largest absolute Gasteiger partial charge is 0.493 e. The molecule has 0 bridgehead atoms. The van der Waals surface area contributed by atoms with Gasteiger partial charge >= 0.3 is 0 Å². The highest BCUT2D eigenvalue weighted by Crippen LogP contribution is 2.38. The molecular formula is C21H17Cl2NO3S2. The fourth-order valence-electron chi connectivity index (χ4n) is 2.68. The Morgan fingerprint density at radius 1 is 1.28 bits per heavy atom. The monoisotopic (exact) mass is 465 g/mol. The molecule has 0 aromatic heterocycles. The van der Waals surface area contributed by atoms with Gasteiger partial charge in [-0.3, -0.25) is 9.69 Å². The van der Waals surface area contributed by atoms with Crippen molar-refractivity contribution in [1.29, 1.82) is 0 Å². The zero-order valence-electron chi connectivity index (χ0n) is 15.5. The first-order chi connectivity index (χ1) is 13.9. The zero-order valence-corrected chi connectivity index (χ0v) is 18.6. The first-order valence-electron chi connectivity index (χ1n) is 8.54. The Morgan fingerprint density at radius 3 is 2.76 bits per heavy atom. The molecule has 0 atom stereocenters. The fourth-order valence-corrected chi connectivity index (χ4v) is 4.41. The van der Waals surface area contributed by atoms with Gasteiger partial charge < -0.3 is 9.47 Å². The molecule has 0 radical (unpaired) electrons. The molecule has 0 unspecified atom stereocenters. The first-order valence-corrected chi connectivity index (χ1v) is 10.5. The summed E-state index contributed by atoms with van der Waals surface area (Å²) in [6.45, 7) is 4.26. The second-order valence-electron chi connectivity index (χ2n) is 5.98. The van der Waals surface area contributed by atoms with Crippen molar-refractivity contribution >= 4 is 63.5 Å². The van der Waals surface area contributed by atoms with Crippen LogP contribution in [0.5, 0.6) is 11.5 Å². The van der Waals surface area contributed by atoms with Crippen molar-refractivity contribution in [3.8, 4) is 11.5 Å². The molecular weight excluding hydrogens is 449 g/mol. The molecule has 1 fully saturated rings. The van der Waals surface area contributed by atoms with E-state index < -0.39 is 0 Å². The quantitative estimate of drug-likeness (QED) is 0.286. The number of nitrogens with zero attached hydrogens (tertiary/aromatic N) is 1. The van der Waals surface area contributed by atoms with Gasteiger partial charge in [0, 0.05) is 27.7 Å². The third-order valence-corrected chi connectivity index (χ3v) is 6.05. The minimum absolute atomic E-state index is 0.158. The predicted octanol–water partition coefficient (Wildman–Crippen LogP) is 5.97.